The summed E-state index contributed by atoms with van der Waals surface area (Å²) in [6.07, 6.45) is 0. The molecule has 2 aromatic carbocycles. The smallest absolute Gasteiger partial charge is 0.269 e. The summed E-state index contributed by atoms with van der Waals surface area (Å²) in [5.74, 6) is 0. The largest absolute Gasteiger partial charge is 0.381 e. The molecule has 4 nitrogen and oxygen atoms in total. The average molecular weight is 307 g/mol. The molecule has 0 atom stereocenters. The lowest BCUT2D eigenvalue weighted by molar-refractivity contribution is -0.384. The van der Waals surface area contributed by atoms with E-state index in [1.165, 1.54) is 6.07 Å². The van der Waals surface area contributed by atoms with Crippen molar-refractivity contribution in [1.29, 1.82) is 0 Å². The predicted molar refractivity (Wildman–Crippen MR) is 74.6 cm³/mol. The fourth-order valence-corrected chi connectivity index (χ4v) is 1.98. The molecule has 92 valence electrons. The fourth-order valence-electron chi connectivity index (χ4n) is 1.58. The highest BCUT2D eigenvalue weighted by Crippen LogP contribution is 2.18. The number of non-ortho nitro benzene ring substituents is 1. The number of nitro groups is 1. The summed E-state index contributed by atoms with van der Waals surface area (Å²) in [5.41, 5.74) is 1.96. The van der Waals surface area contributed by atoms with E-state index in [4.69, 9.17) is 0 Å². The molecule has 18 heavy (non-hydrogen) atoms. The molecule has 2 rings (SSSR count). The van der Waals surface area contributed by atoms with Crippen LogP contribution in [0.2, 0.25) is 0 Å². The predicted octanol–water partition coefficient (Wildman–Crippen LogP) is 3.97. The lowest BCUT2D eigenvalue weighted by atomic mass is 10.2. The molecule has 1 N–H and O–H groups in total. The molecular weight excluding hydrogens is 296 g/mol. The molecule has 0 aliphatic heterocycles. The van der Waals surface area contributed by atoms with Crippen molar-refractivity contribution in [2.75, 3.05) is 5.32 Å². The number of nitrogens with zero attached hydrogens (tertiary/aromatic N) is 1. The topological polar surface area (TPSA) is 55.2 Å². The summed E-state index contributed by atoms with van der Waals surface area (Å²) in [7, 11) is 0. The third kappa shape index (κ3) is 3.30. The maximum Gasteiger partial charge on any atom is 0.269 e. The van der Waals surface area contributed by atoms with Crippen molar-refractivity contribution in [1.82, 2.24) is 0 Å². The van der Waals surface area contributed by atoms with Gasteiger partial charge in [-0.15, -0.1) is 0 Å². The number of nitrogens with one attached hydrogen (secondary N) is 1. The highest BCUT2D eigenvalue weighted by molar-refractivity contribution is 9.10. The van der Waals surface area contributed by atoms with Crippen molar-refractivity contribution >= 4 is 27.3 Å². The van der Waals surface area contributed by atoms with E-state index in [1.54, 1.807) is 12.1 Å². The van der Waals surface area contributed by atoms with Crippen LogP contribution in [0, 0.1) is 10.1 Å². The second kappa shape index (κ2) is 5.64. The van der Waals surface area contributed by atoms with Gasteiger partial charge < -0.3 is 5.32 Å². The summed E-state index contributed by atoms with van der Waals surface area (Å²) in [5, 5.41) is 13.9. The van der Waals surface area contributed by atoms with Gasteiger partial charge in [-0.1, -0.05) is 34.1 Å². The Hall–Kier alpha value is -1.88. The van der Waals surface area contributed by atoms with Crippen LogP contribution in [-0.2, 0) is 6.54 Å². The molecule has 0 fully saturated rings. The van der Waals surface area contributed by atoms with Gasteiger partial charge in [-0.05, 0) is 23.8 Å². The Morgan fingerprint density at radius 2 is 1.94 bits per heavy atom. The van der Waals surface area contributed by atoms with E-state index in [2.05, 4.69) is 21.2 Å². The lowest BCUT2D eigenvalue weighted by Gasteiger charge is -2.06. The number of anilines is 1. The Bertz CT molecular complexity index is 572. The minimum atomic E-state index is -0.386. The van der Waals surface area contributed by atoms with Crippen molar-refractivity contribution < 1.29 is 4.92 Å². The first kappa shape index (κ1) is 12.6. The minimum Gasteiger partial charge on any atom is -0.381 e. The molecule has 0 saturated carbocycles. The molecule has 0 unspecified atom stereocenters. The Labute approximate surface area is 113 Å². The molecule has 0 aliphatic carbocycles. The fraction of sp³-hybridized carbons (Fsp3) is 0.0769. The Morgan fingerprint density at radius 3 is 2.67 bits per heavy atom. The number of hydrogen-bond acceptors (Lipinski definition) is 3. The van der Waals surface area contributed by atoms with Gasteiger partial charge in [0.05, 0.1) is 4.92 Å². The first-order valence-electron chi connectivity index (χ1n) is 5.38. The van der Waals surface area contributed by atoms with Crippen molar-refractivity contribution in [3.63, 3.8) is 0 Å². The summed E-state index contributed by atoms with van der Waals surface area (Å²) >= 11 is 3.39. The van der Waals surface area contributed by atoms with Gasteiger partial charge in [0.1, 0.15) is 0 Å². The van der Waals surface area contributed by atoms with Crippen LogP contribution in [0.3, 0.4) is 0 Å². The highest BCUT2D eigenvalue weighted by atomic mass is 79.9. The molecule has 0 saturated heterocycles. The summed E-state index contributed by atoms with van der Waals surface area (Å²) in [6, 6.07) is 14.4. The third-order valence-electron chi connectivity index (χ3n) is 2.44. The Morgan fingerprint density at radius 1 is 1.17 bits per heavy atom. The van der Waals surface area contributed by atoms with Crippen LogP contribution in [0.4, 0.5) is 11.4 Å². The number of halogens is 1. The van der Waals surface area contributed by atoms with E-state index >= 15 is 0 Å². The van der Waals surface area contributed by atoms with Crippen LogP contribution < -0.4 is 5.32 Å². The molecule has 2 aromatic rings. The van der Waals surface area contributed by atoms with Crippen LogP contribution in [0.15, 0.2) is 53.0 Å². The van der Waals surface area contributed by atoms with Gasteiger partial charge in [-0.2, -0.15) is 0 Å². The van der Waals surface area contributed by atoms with E-state index in [9.17, 15) is 10.1 Å². The molecule has 0 aromatic heterocycles. The van der Waals surface area contributed by atoms with Crippen LogP contribution >= 0.6 is 15.9 Å². The van der Waals surface area contributed by atoms with Crippen molar-refractivity contribution in [3.05, 3.63) is 68.7 Å². The number of benzene rings is 2. The normalized spacial score (nSPS) is 10.1. The second-order valence-corrected chi connectivity index (χ2v) is 4.71. The van der Waals surface area contributed by atoms with E-state index in [-0.39, 0.29) is 10.6 Å². The number of nitro benzene ring substituents is 1. The molecule has 0 radical (unpaired) electrons. The molecule has 5 heteroatoms. The number of rotatable bonds is 4. The maximum atomic E-state index is 10.7. The summed E-state index contributed by atoms with van der Waals surface area (Å²) in [4.78, 5) is 10.3. The van der Waals surface area contributed by atoms with Gasteiger partial charge in [0.25, 0.3) is 5.69 Å². The van der Waals surface area contributed by atoms with Crippen LogP contribution in [0.1, 0.15) is 5.56 Å². The van der Waals surface area contributed by atoms with Crippen molar-refractivity contribution in [2.24, 2.45) is 0 Å². The van der Waals surface area contributed by atoms with Crippen LogP contribution in [-0.4, -0.2) is 4.92 Å². The zero-order valence-corrected chi connectivity index (χ0v) is 11.1. The minimum absolute atomic E-state index is 0.114. The SMILES string of the molecule is O=[N+]([O-])c1cccc(CNc2cccc(Br)c2)c1. The van der Waals surface area contributed by atoms with Gasteiger partial charge in [0, 0.05) is 28.8 Å². The molecule has 0 spiro atoms. The summed E-state index contributed by atoms with van der Waals surface area (Å²) in [6.45, 7) is 0.554. The van der Waals surface area contributed by atoms with Crippen LogP contribution in [0.5, 0.6) is 0 Å². The first-order valence-corrected chi connectivity index (χ1v) is 6.17. The van der Waals surface area contributed by atoms with Gasteiger partial charge >= 0.3 is 0 Å². The lowest BCUT2D eigenvalue weighted by Crippen LogP contribution is -2.00. The first-order chi connectivity index (χ1) is 8.65. The van der Waals surface area contributed by atoms with E-state index in [0.29, 0.717) is 6.54 Å². The second-order valence-electron chi connectivity index (χ2n) is 3.79. The van der Waals surface area contributed by atoms with Crippen molar-refractivity contribution in [2.45, 2.75) is 6.54 Å². The van der Waals surface area contributed by atoms with Gasteiger partial charge in [0.2, 0.25) is 0 Å². The standard InChI is InChI=1S/C13H11BrN2O2/c14-11-4-2-5-12(8-11)15-9-10-3-1-6-13(7-10)16(17)18/h1-8,15H,9H2. The zero-order chi connectivity index (χ0) is 13.0. The summed E-state index contributed by atoms with van der Waals surface area (Å²) < 4.78 is 0.992. The molecule has 0 amide bonds. The Kier molecular flexibility index (Phi) is 3.94. The van der Waals surface area contributed by atoms with E-state index < -0.39 is 0 Å². The molecule has 0 heterocycles. The molecular formula is C13H11BrN2O2. The maximum absolute atomic E-state index is 10.7. The van der Waals surface area contributed by atoms with Crippen molar-refractivity contribution in [3.8, 4) is 0 Å². The highest BCUT2D eigenvalue weighted by Gasteiger charge is 2.05. The average Bonchev–Trinajstić information content (AvgIpc) is 2.37. The molecule has 0 aliphatic rings. The zero-order valence-electron chi connectivity index (χ0n) is 9.47. The van der Waals surface area contributed by atoms with E-state index in [0.717, 1.165) is 15.7 Å². The van der Waals surface area contributed by atoms with Gasteiger partial charge in [0.15, 0.2) is 0 Å². The van der Waals surface area contributed by atoms with Crippen LogP contribution in [0.25, 0.3) is 0 Å². The third-order valence-corrected chi connectivity index (χ3v) is 2.94. The Balaban J connectivity index is 2.06. The van der Waals surface area contributed by atoms with Gasteiger partial charge in [-0.3, -0.25) is 10.1 Å². The van der Waals surface area contributed by atoms with E-state index in [1.807, 2.05) is 30.3 Å². The monoisotopic (exact) mass is 306 g/mol. The van der Waals surface area contributed by atoms with Gasteiger partial charge in [-0.25, -0.2) is 0 Å². The number of hydrogen-bond donors (Lipinski definition) is 1. The molecule has 0 bridgehead atoms. The quantitative estimate of drug-likeness (QED) is 0.687.